The number of aromatic nitrogens is 1. The van der Waals surface area contributed by atoms with Crippen molar-refractivity contribution in [2.45, 2.75) is 20.5 Å². The molecule has 4 rings (SSSR count). The minimum absolute atomic E-state index is 0.148. The van der Waals surface area contributed by atoms with Gasteiger partial charge in [-0.15, -0.1) is 11.3 Å². The number of hydrogen-bond donors (Lipinski definition) is 1. The largest absolute Gasteiger partial charge is 0.488 e. The quantitative estimate of drug-likeness (QED) is 0.409. The lowest BCUT2D eigenvalue weighted by atomic mass is 10.1. The molecule has 2 aromatic heterocycles. The molecule has 0 aliphatic heterocycles. The second-order valence-electron chi connectivity index (χ2n) is 7.22. The molecule has 0 saturated heterocycles. The molecule has 0 saturated carbocycles. The van der Waals surface area contributed by atoms with Gasteiger partial charge >= 0.3 is 5.97 Å². The topological polar surface area (TPSA) is 108 Å². The number of carbonyl (C=O) groups is 3. The molecule has 0 atom stereocenters. The molecule has 0 fully saturated rings. The minimum Gasteiger partial charge on any atom is -0.488 e. The number of hydrogen-bond acceptors (Lipinski definition) is 8. The smallest absolute Gasteiger partial charge is 0.342 e. The number of carbonyl (C=O) groups excluding carboxylic acids is 3. The van der Waals surface area contributed by atoms with Gasteiger partial charge in [0.15, 0.2) is 6.61 Å². The molecule has 2 heterocycles. The summed E-state index contributed by atoms with van der Waals surface area (Å²) in [6.07, 6.45) is 0. The summed E-state index contributed by atoms with van der Waals surface area (Å²) in [5.41, 5.74) is 1.65. The molecular formula is C24H20N2O6S. The van der Waals surface area contributed by atoms with Crippen molar-refractivity contribution < 1.29 is 28.4 Å². The van der Waals surface area contributed by atoms with Gasteiger partial charge in [0.25, 0.3) is 11.8 Å². The average Bonchev–Trinajstić information content (AvgIpc) is 3.46. The Morgan fingerprint density at radius 1 is 1.06 bits per heavy atom. The van der Waals surface area contributed by atoms with Crippen molar-refractivity contribution in [1.82, 2.24) is 10.5 Å². The zero-order valence-corrected chi connectivity index (χ0v) is 18.7. The number of aryl methyl sites for hydroxylation is 2. The van der Waals surface area contributed by atoms with E-state index in [4.69, 9.17) is 14.0 Å². The number of thiophene rings is 1. The first kappa shape index (κ1) is 22.2. The van der Waals surface area contributed by atoms with Gasteiger partial charge in [0, 0.05) is 0 Å². The highest BCUT2D eigenvalue weighted by Gasteiger charge is 2.20. The van der Waals surface area contributed by atoms with Gasteiger partial charge in [0.1, 0.15) is 23.7 Å². The number of esters is 1. The van der Waals surface area contributed by atoms with E-state index in [1.807, 2.05) is 24.3 Å². The summed E-state index contributed by atoms with van der Waals surface area (Å²) in [6, 6.07) is 14.2. The lowest BCUT2D eigenvalue weighted by Crippen LogP contribution is -2.33. The van der Waals surface area contributed by atoms with Crippen LogP contribution in [-0.4, -0.2) is 29.5 Å². The molecular weight excluding hydrogens is 444 g/mol. The summed E-state index contributed by atoms with van der Waals surface area (Å²) < 4.78 is 16.3. The predicted molar refractivity (Wildman–Crippen MR) is 121 cm³/mol. The number of imide groups is 1. The van der Waals surface area contributed by atoms with E-state index in [-0.39, 0.29) is 12.2 Å². The minimum atomic E-state index is -0.742. The zero-order chi connectivity index (χ0) is 23.4. The van der Waals surface area contributed by atoms with Crippen LogP contribution in [0.5, 0.6) is 5.75 Å². The van der Waals surface area contributed by atoms with Crippen LogP contribution < -0.4 is 10.1 Å². The van der Waals surface area contributed by atoms with E-state index in [0.717, 1.165) is 16.3 Å². The number of rotatable bonds is 7. The molecule has 2 aromatic carbocycles. The van der Waals surface area contributed by atoms with Crippen molar-refractivity contribution in [3.8, 4) is 5.75 Å². The maximum Gasteiger partial charge on any atom is 0.342 e. The number of nitrogens with zero attached hydrogens (tertiary/aromatic N) is 1. The first-order chi connectivity index (χ1) is 15.9. The van der Waals surface area contributed by atoms with E-state index in [1.54, 1.807) is 43.5 Å². The van der Waals surface area contributed by atoms with Gasteiger partial charge in [-0.05, 0) is 48.2 Å². The Balaban J connectivity index is 1.50. The van der Waals surface area contributed by atoms with Crippen molar-refractivity contribution in [3.05, 3.63) is 81.4 Å². The SMILES string of the molecule is Cc1noc(C)c1COc1cc2ccccc2cc1C(=O)OCC(=O)NC(=O)c1cccs1. The standard InChI is InChI=1S/C24H20N2O6S/c1-14-19(15(2)32-26-14)12-30-20-11-17-7-4-3-6-16(17)10-18(20)24(29)31-13-22(27)25-23(28)21-8-5-9-33-21/h3-11H,12-13H2,1-2H3,(H,25,27,28). The van der Waals surface area contributed by atoms with Gasteiger partial charge in [-0.2, -0.15) is 0 Å². The Bertz CT molecular complexity index is 1310. The summed E-state index contributed by atoms with van der Waals surface area (Å²) in [5, 5.41) is 9.52. The molecule has 0 aliphatic carbocycles. The van der Waals surface area contributed by atoms with E-state index in [0.29, 0.717) is 22.1 Å². The van der Waals surface area contributed by atoms with Crippen LogP contribution in [0.3, 0.4) is 0 Å². The molecule has 8 nitrogen and oxygen atoms in total. The van der Waals surface area contributed by atoms with Crippen LogP contribution in [0.15, 0.2) is 58.4 Å². The fourth-order valence-electron chi connectivity index (χ4n) is 3.20. The zero-order valence-electron chi connectivity index (χ0n) is 17.9. The Kier molecular flexibility index (Phi) is 6.50. The van der Waals surface area contributed by atoms with Gasteiger partial charge in [-0.3, -0.25) is 14.9 Å². The van der Waals surface area contributed by atoms with Crippen LogP contribution >= 0.6 is 11.3 Å². The second-order valence-corrected chi connectivity index (χ2v) is 8.17. The molecule has 0 radical (unpaired) electrons. The summed E-state index contributed by atoms with van der Waals surface area (Å²) in [5.74, 6) is -1.08. The average molecular weight is 464 g/mol. The van der Waals surface area contributed by atoms with Gasteiger partial charge < -0.3 is 14.0 Å². The van der Waals surface area contributed by atoms with Crippen LogP contribution in [0, 0.1) is 13.8 Å². The predicted octanol–water partition coefficient (Wildman–Crippen LogP) is 4.20. The van der Waals surface area contributed by atoms with Crippen molar-refractivity contribution in [1.29, 1.82) is 0 Å². The molecule has 0 unspecified atom stereocenters. The number of nitrogens with one attached hydrogen (secondary N) is 1. The van der Waals surface area contributed by atoms with Crippen molar-refractivity contribution in [2.24, 2.45) is 0 Å². The molecule has 0 bridgehead atoms. The van der Waals surface area contributed by atoms with Crippen LogP contribution in [0.2, 0.25) is 0 Å². The van der Waals surface area contributed by atoms with E-state index >= 15 is 0 Å². The fraction of sp³-hybridized carbons (Fsp3) is 0.167. The fourth-order valence-corrected chi connectivity index (χ4v) is 3.82. The lowest BCUT2D eigenvalue weighted by molar-refractivity contribution is -0.123. The van der Waals surface area contributed by atoms with Gasteiger partial charge in [0.2, 0.25) is 0 Å². The first-order valence-corrected chi connectivity index (χ1v) is 10.9. The molecule has 9 heteroatoms. The molecule has 2 amide bonds. The lowest BCUT2D eigenvalue weighted by Gasteiger charge is -2.13. The van der Waals surface area contributed by atoms with Gasteiger partial charge in [-0.25, -0.2) is 4.79 Å². The molecule has 0 spiro atoms. The monoisotopic (exact) mass is 464 g/mol. The number of fused-ring (bicyclic) bond motifs is 1. The Hall–Kier alpha value is -3.98. The molecule has 33 heavy (non-hydrogen) atoms. The van der Waals surface area contributed by atoms with Crippen molar-refractivity contribution in [2.75, 3.05) is 6.61 Å². The van der Waals surface area contributed by atoms with E-state index in [1.165, 1.54) is 11.3 Å². The summed E-state index contributed by atoms with van der Waals surface area (Å²) >= 11 is 1.20. The third kappa shape index (κ3) is 5.09. The molecule has 168 valence electrons. The first-order valence-electron chi connectivity index (χ1n) is 10.0. The highest BCUT2D eigenvalue weighted by molar-refractivity contribution is 7.12. The number of amides is 2. The normalized spacial score (nSPS) is 10.7. The summed E-state index contributed by atoms with van der Waals surface area (Å²) in [4.78, 5) is 37.3. The van der Waals surface area contributed by atoms with Crippen LogP contribution in [0.25, 0.3) is 10.8 Å². The van der Waals surface area contributed by atoms with Crippen LogP contribution in [0.4, 0.5) is 0 Å². The van der Waals surface area contributed by atoms with E-state index in [9.17, 15) is 14.4 Å². The maximum atomic E-state index is 12.8. The van der Waals surface area contributed by atoms with Crippen molar-refractivity contribution >= 4 is 39.9 Å². The highest BCUT2D eigenvalue weighted by atomic mass is 32.1. The van der Waals surface area contributed by atoms with E-state index < -0.39 is 24.4 Å². The Morgan fingerprint density at radius 2 is 1.82 bits per heavy atom. The molecule has 4 aromatic rings. The Morgan fingerprint density at radius 3 is 2.48 bits per heavy atom. The van der Waals surface area contributed by atoms with Gasteiger partial charge in [0.05, 0.1) is 16.1 Å². The van der Waals surface area contributed by atoms with Crippen LogP contribution in [-0.2, 0) is 16.1 Å². The molecule has 0 aliphatic rings. The summed E-state index contributed by atoms with van der Waals surface area (Å²) in [7, 11) is 0. The van der Waals surface area contributed by atoms with Crippen LogP contribution in [0.1, 0.15) is 37.0 Å². The van der Waals surface area contributed by atoms with Crippen molar-refractivity contribution in [3.63, 3.8) is 0 Å². The number of ether oxygens (including phenoxy) is 2. The maximum absolute atomic E-state index is 12.8. The Labute approximate surface area is 193 Å². The molecule has 1 N–H and O–H groups in total. The highest BCUT2D eigenvalue weighted by Crippen LogP contribution is 2.28. The summed E-state index contributed by atoms with van der Waals surface area (Å²) in [6.45, 7) is 3.13. The van der Waals surface area contributed by atoms with E-state index in [2.05, 4.69) is 10.5 Å². The third-order valence-electron chi connectivity index (χ3n) is 4.95. The second kappa shape index (κ2) is 9.66. The number of benzene rings is 2. The third-order valence-corrected chi connectivity index (χ3v) is 5.82. The van der Waals surface area contributed by atoms with Gasteiger partial charge in [-0.1, -0.05) is 35.5 Å².